The van der Waals surface area contributed by atoms with Gasteiger partial charge in [-0.3, -0.25) is 0 Å². The van der Waals surface area contributed by atoms with Crippen LogP contribution in [0.4, 0.5) is 0 Å². The van der Waals surface area contributed by atoms with Crippen molar-refractivity contribution in [1.29, 1.82) is 0 Å². The van der Waals surface area contributed by atoms with Crippen molar-refractivity contribution < 1.29 is 5.11 Å². The molecular formula is C17H36O. The molecule has 1 N–H and O–H groups in total. The quantitative estimate of drug-likeness (QED) is 0.428. The average molecular weight is 256 g/mol. The van der Waals surface area contributed by atoms with Crippen molar-refractivity contribution in [3.63, 3.8) is 0 Å². The van der Waals surface area contributed by atoms with Gasteiger partial charge in [0.2, 0.25) is 0 Å². The van der Waals surface area contributed by atoms with Crippen LogP contribution in [0.2, 0.25) is 0 Å². The number of hydrogen-bond acceptors (Lipinski definition) is 1. The van der Waals surface area contributed by atoms with Crippen molar-refractivity contribution in [2.75, 3.05) is 6.61 Å². The number of aliphatic hydroxyl groups is 1. The van der Waals surface area contributed by atoms with Crippen LogP contribution in [0.15, 0.2) is 0 Å². The van der Waals surface area contributed by atoms with Gasteiger partial charge < -0.3 is 5.11 Å². The zero-order valence-electron chi connectivity index (χ0n) is 13.1. The molecule has 0 amide bonds. The summed E-state index contributed by atoms with van der Waals surface area (Å²) in [6.45, 7) is 7.18. The molecule has 0 aromatic heterocycles. The SMILES string of the molecule is CCCCCCCC(C)CCCCCC(C)CO. The van der Waals surface area contributed by atoms with E-state index in [2.05, 4.69) is 20.8 Å². The Morgan fingerprint density at radius 3 is 1.61 bits per heavy atom. The number of hydrogen-bond donors (Lipinski definition) is 1. The number of unbranched alkanes of at least 4 members (excludes halogenated alkanes) is 6. The van der Waals surface area contributed by atoms with Gasteiger partial charge in [0.15, 0.2) is 0 Å². The molecule has 0 saturated heterocycles. The first-order valence-electron chi connectivity index (χ1n) is 8.31. The van der Waals surface area contributed by atoms with Crippen molar-refractivity contribution in [1.82, 2.24) is 0 Å². The standard InChI is InChI=1S/C17H36O/c1-4-5-6-7-9-12-16(2)13-10-8-11-14-17(3)15-18/h16-18H,4-15H2,1-3H3. The van der Waals surface area contributed by atoms with Gasteiger partial charge in [-0.05, 0) is 18.3 Å². The molecular weight excluding hydrogens is 220 g/mol. The largest absolute Gasteiger partial charge is 0.396 e. The fourth-order valence-corrected chi connectivity index (χ4v) is 2.49. The van der Waals surface area contributed by atoms with E-state index in [4.69, 9.17) is 5.11 Å². The molecule has 0 radical (unpaired) electrons. The van der Waals surface area contributed by atoms with E-state index in [1.54, 1.807) is 0 Å². The highest BCUT2D eigenvalue weighted by Crippen LogP contribution is 2.18. The Kier molecular flexibility index (Phi) is 13.4. The second-order valence-electron chi connectivity index (χ2n) is 6.23. The fraction of sp³-hybridized carbons (Fsp3) is 1.00. The third-order valence-electron chi connectivity index (χ3n) is 4.01. The zero-order valence-corrected chi connectivity index (χ0v) is 13.1. The van der Waals surface area contributed by atoms with Crippen LogP contribution in [-0.4, -0.2) is 11.7 Å². The molecule has 18 heavy (non-hydrogen) atoms. The molecule has 0 rings (SSSR count). The molecule has 0 aliphatic carbocycles. The van der Waals surface area contributed by atoms with Gasteiger partial charge in [-0.25, -0.2) is 0 Å². The summed E-state index contributed by atoms with van der Waals surface area (Å²) in [5.74, 6) is 1.42. The Balaban J connectivity index is 3.19. The summed E-state index contributed by atoms with van der Waals surface area (Å²) in [6, 6.07) is 0. The minimum Gasteiger partial charge on any atom is -0.396 e. The minimum atomic E-state index is 0.355. The lowest BCUT2D eigenvalue weighted by Crippen LogP contribution is -2.00. The fourth-order valence-electron chi connectivity index (χ4n) is 2.49. The first kappa shape index (κ1) is 18.0. The monoisotopic (exact) mass is 256 g/mol. The summed E-state index contributed by atoms with van der Waals surface area (Å²) in [5.41, 5.74) is 0. The molecule has 0 bridgehead atoms. The summed E-state index contributed by atoms with van der Waals surface area (Å²) in [7, 11) is 0. The predicted octanol–water partition coefficient (Wildman–Crippen LogP) is 5.56. The summed E-state index contributed by atoms with van der Waals surface area (Å²) in [4.78, 5) is 0. The van der Waals surface area contributed by atoms with Crippen LogP contribution in [0.1, 0.15) is 91.4 Å². The molecule has 0 aromatic rings. The van der Waals surface area contributed by atoms with Gasteiger partial charge >= 0.3 is 0 Å². The normalized spacial score (nSPS) is 14.7. The smallest absolute Gasteiger partial charge is 0.0456 e. The molecule has 0 fully saturated rings. The van der Waals surface area contributed by atoms with Crippen LogP contribution < -0.4 is 0 Å². The van der Waals surface area contributed by atoms with Crippen molar-refractivity contribution in [3.05, 3.63) is 0 Å². The number of rotatable bonds is 13. The second-order valence-corrected chi connectivity index (χ2v) is 6.23. The van der Waals surface area contributed by atoms with Crippen LogP contribution in [0, 0.1) is 11.8 Å². The van der Waals surface area contributed by atoms with E-state index in [-0.39, 0.29) is 0 Å². The first-order valence-corrected chi connectivity index (χ1v) is 8.31. The summed E-state index contributed by atoms with van der Waals surface area (Å²) >= 11 is 0. The Morgan fingerprint density at radius 2 is 1.11 bits per heavy atom. The Hall–Kier alpha value is -0.0400. The van der Waals surface area contributed by atoms with Crippen LogP contribution in [0.25, 0.3) is 0 Å². The molecule has 0 aromatic carbocycles. The highest BCUT2D eigenvalue weighted by atomic mass is 16.3. The minimum absolute atomic E-state index is 0.355. The van der Waals surface area contributed by atoms with E-state index in [1.807, 2.05) is 0 Å². The second kappa shape index (κ2) is 13.4. The lowest BCUT2D eigenvalue weighted by atomic mass is 9.95. The Bertz CT molecular complexity index is 156. The van der Waals surface area contributed by atoms with E-state index >= 15 is 0 Å². The summed E-state index contributed by atoms with van der Waals surface area (Å²) in [5, 5.41) is 8.94. The predicted molar refractivity (Wildman–Crippen MR) is 81.9 cm³/mol. The highest BCUT2D eigenvalue weighted by molar-refractivity contribution is 4.56. The van der Waals surface area contributed by atoms with Crippen molar-refractivity contribution in [2.45, 2.75) is 91.4 Å². The van der Waals surface area contributed by atoms with E-state index in [1.165, 1.54) is 70.6 Å². The third kappa shape index (κ3) is 12.4. The molecule has 1 heteroatoms. The van der Waals surface area contributed by atoms with Gasteiger partial charge in [0.05, 0.1) is 0 Å². The van der Waals surface area contributed by atoms with E-state index in [0.29, 0.717) is 12.5 Å². The molecule has 0 aliphatic rings. The van der Waals surface area contributed by atoms with Gasteiger partial charge in [0.1, 0.15) is 0 Å². The lowest BCUT2D eigenvalue weighted by molar-refractivity contribution is 0.227. The van der Waals surface area contributed by atoms with Crippen LogP contribution >= 0.6 is 0 Å². The van der Waals surface area contributed by atoms with Gasteiger partial charge in [-0.1, -0.05) is 85.0 Å². The topological polar surface area (TPSA) is 20.2 Å². The molecule has 1 nitrogen and oxygen atoms in total. The van der Waals surface area contributed by atoms with Gasteiger partial charge in [-0.2, -0.15) is 0 Å². The van der Waals surface area contributed by atoms with Crippen LogP contribution in [0.5, 0.6) is 0 Å². The van der Waals surface area contributed by atoms with E-state index < -0.39 is 0 Å². The average Bonchev–Trinajstić information content (AvgIpc) is 2.37. The Morgan fingerprint density at radius 1 is 0.667 bits per heavy atom. The maximum absolute atomic E-state index is 8.94. The molecule has 2 unspecified atom stereocenters. The van der Waals surface area contributed by atoms with Gasteiger partial charge in [0.25, 0.3) is 0 Å². The molecule has 0 saturated carbocycles. The molecule has 0 aliphatic heterocycles. The van der Waals surface area contributed by atoms with Crippen LogP contribution in [-0.2, 0) is 0 Å². The molecule has 2 atom stereocenters. The zero-order chi connectivity index (χ0) is 13.6. The van der Waals surface area contributed by atoms with Crippen molar-refractivity contribution in [3.8, 4) is 0 Å². The third-order valence-corrected chi connectivity index (χ3v) is 4.01. The molecule has 0 heterocycles. The Labute approximate surface area is 115 Å². The van der Waals surface area contributed by atoms with Gasteiger partial charge in [-0.15, -0.1) is 0 Å². The maximum atomic E-state index is 8.94. The molecule has 110 valence electrons. The summed E-state index contributed by atoms with van der Waals surface area (Å²) < 4.78 is 0. The maximum Gasteiger partial charge on any atom is 0.0456 e. The number of aliphatic hydroxyl groups excluding tert-OH is 1. The van der Waals surface area contributed by atoms with Gasteiger partial charge in [0, 0.05) is 6.61 Å². The molecule has 0 spiro atoms. The van der Waals surface area contributed by atoms with Crippen molar-refractivity contribution >= 4 is 0 Å². The van der Waals surface area contributed by atoms with Crippen molar-refractivity contribution in [2.24, 2.45) is 11.8 Å². The first-order chi connectivity index (χ1) is 8.70. The van der Waals surface area contributed by atoms with E-state index in [0.717, 1.165) is 5.92 Å². The van der Waals surface area contributed by atoms with Crippen LogP contribution in [0.3, 0.4) is 0 Å². The lowest BCUT2D eigenvalue weighted by Gasteiger charge is -2.11. The van der Waals surface area contributed by atoms with E-state index in [9.17, 15) is 0 Å². The summed E-state index contributed by atoms with van der Waals surface area (Å²) in [6.07, 6.45) is 15.1. The highest BCUT2D eigenvalue weighted by Gasteiger charge is 2.03.